The van der Waals surface area contributed by atoms with Crippen LogP contribution in [0.25, 0.3) is 0 Å². The molecule has 0 bridgehead atoms. The van der Waals surface area contributed by atoms with Crippen molar-refractivity contribution in [3.63, 3.8) is 0 Å². The molecule has 0 amide bonds. The van der Waals surface area contributed by atoms with E-state index in [9.17, 15) is 0 Å². The second-order valence-corrected chi connectivity index (χ2v) is 1.92. The van der Waals surface area contributed by atoms with Crippen LogP contribution in [0.5, 0.6) is 0 Å². The summed E-state index contributed by atoms with van der Waals surface area (Å²) in [6.45, 7) is 0. The summed E-state index contributed by atoms with van der Waals surface area (Å²) in [5, 5.41) is 6.98. The van der Waals surface area contributed by atoms with Crippen LogP contribution in [-0.4, -0.2) is 23.5 Å². The smallest absolute Gasteiger partial charge is 0.103 e. The van der Waals surface area contributed by atoms with Crippen LogP contribution in [0.15, 0.2) is 11.0 Å². The van der Waals surface area contributed by atoms with Gasteiger partial charge in [0.05, 0.1) is 11.4 Å². The Morgan fingerprint density at radius 1 is 1.56 bits per heavy atom. The second-order valence-electron chi connectivity index (χ2n) is 0.795. The lowest BCUT2D eigenvalue weighted by molar-refractivity contribution is 0.436. The molecular weight excluding hydrogens is 164 g/mol. The maximum atomic E-state index is 8.56. The maximum Gasteiger partial charge on any atom is 0.103 e. The number of aromatic nitrogens is 2. The van der Waals surface area contributed by atoms with Crippen molar-refractivity contribution in [2.24, 2.45) is 0 Å². The summed E-state index contributed by atoms with van der Waals surface area (Å²) < 4.78 is 24.1. The molecule has 0 aliphatic carbocycles. The van der Waals surface area contributed by atoms with Gasteiger partial charge in [-0.15, -0.1) is 21.5 Å². The summed E-state index contributed by atoms with van der Waals surface area (Å²) in [6.07, 6.45) is 0. The fourth-order valence-electron chi connectivity index (χ4n) is 0.136. The van der Waals surface area contributed by atoms with Crippen LogP contribution in [0.1, 0.15) is 0 Å². The first-order valence-electron chi connectivity index (χ1n) is 1.70. The molecule has 9 heavy (non-hydrogen) atoms. The molecule has 1 heterocycles. The van der Waals surface area contributed by atoms with Crippen LogP contribution in [0.3, 0.4) is 0 Å². The maximum absolute atomic E-state index is 8.56. The van der Waals surface area contributed by atoms with E-state index in [0.29, 0.717) is 0 Å². The number of hydrogen-bond donors (Lipinski definition) is 1. The molecule has 0 radical (unpaired) electrons. The molecule has 0 fully saturated rings. The van der Waals surface area contributed by atoms with Crippen molar-refractivity contribution in [1.29, 1.82) is 0 Å². The van der Waals surface area contributed by atoms with Crippen molar-refractivity contribution in [1.82, 2.24) is 10.2 Å². The molecule has 0 aliphatic rings. The standard InChI is InChI=1S/C2H2N2S.H2O3S/c1-3-4-2-5-1;1-4(2)3/h1-2H;(H2,1,2,3)/p-1. The fraction of sp³-hybridized carbons (Fsp3) is 0. The van der Waals surface area contributed by atoms with E-state index < -0.39 is 11.4 Å². The Labute approximate surface area is 57.9 Å². The van der Waals surface area contributed by atoms with Gasteiger partial charge < -0.3 is 9.11 Å². The molecule has 52 valence electrons. The molecule has 7 heteroatoms. The molecule has 0 aliphatic heterocycles. The van der Waals surface area contributed by atoms with Gasteiger partial charge in [-0.3, -0.25) is 0 Å². The van der Waals surface area contributed by atoms with E-state index in [0.717, 1.165) is 0 Å². The summed E-state index contributed by atoms with van der Waals surface area (Å²) in [7, 11) is 0. The summed E-state index contributed by atoms with van der Waals surface area (Å²) in [5.74, 6) is 0. The Morgan fingerprint density at radius 3 is 2.00 bits per heavy atom. The van der Waals surface area contributed by atoms with Crippen LogP contribution >= 0.6 is 11.3 Å². The van der Waals surface area contributed by atoms with Gasteiger partial charge >= 0.3 is 0 Å². The third-order valence-corrected chi connectivity index (χ3v) is 0.715. The summed E-state index contributed by atoms with van der Waals surface area (Å²) in [4.78, 5) is 0. The predicted molar refractivity (Wildman–Crippen MR) is 31.5 cm³/mol. The molecule has 1 atom stereocenters. The van der Waals surface area contributed by atoms with Gasteiger partial charge in [0.2, 0.25) is 0 Å². The van der Waals surface area contributed by atoms with E-state index in [1.165, 1.54) is 11.3 Å². The van der Waals surface area contributed by atoms with Crippen molar-refractivity contribution in [2.75, 3.05) is 0 Å². The van der Waals surface area contributed by atoms with E-state index in [1.54, 1.807) is 11.0 Å². The average molecular weight is 167 g/mol. The lowest BCUT2D eigenvalue weighted by atomic mass is 11.6. The molecule has 1 rings (SSSR count). The molecular formula is C2H3N2O3S2-. The van der Waals surface area contributed by atoms with Crippen molar-refractivity contribution in [2.45, 2.75) is 0 Å². The highest BCUT2D eigenvalue weighted by Gasteiger charge is 1.60. The predicted octanol–water partition coefficient (Wildman–Crippen LogP) is -0.123. The van der Waals surface area contributed by atoms with Gasteiger partial charge in [0.25, 0.3) is 0 Å². The van der Waals surface area contributed by atoms with Crippen LogP contribution in [-0.2, 0) is 11.4 Å². The molecule has 1 aromatic heterocycles. The number of hydrogen-bond acceptors (Lipinski definition) is 5. The van der Waals surface area contributed by atoms with Gasteiger partial charge in [0.1, 0.15) is 11.0 Å². The van der Waals surface area contributed by atoms with Crippen molar-refractivity contribution in [3.8, 4) is 0 Å². The van der Waals surface area contributed by atoms with Gasteiger partial charge in [-0.05, 0) is 0 Å². The van der Waals surface area contributed by atoms with E-state index in [2.05, 4.69) is 10.2 Å². The summed E-state index contributed by atoms with van der Waals surface area (Å²) in [6, 6.07) is 0. The zero-order valence-electron chi connectivity index (χ0n) is 4.13. The average Bonchev–Trinajstić information content (AvgIpc) is 2.11. The Kier molecular flexibility index (Phi) is 5.52. The van der Waals surface area contributed by atoms with E-state index in [4.69, 9.17) is 13.3 Å². The molecule has 0 saturated heterocycles. The zero-order chi connectivity index (χ0) is 7.11. The minimum Gasteiger partial charge on any atom is -0.750 e. The van der Waals surface area contributed by atoms with Gasteiger partial charge in [-0.1, -0.05) is 0 Å². The second kappa shape index (κ2) is 5.76. The first kappa shape index (κ1) is 8.63. The first-order valence-corrected chi connectivity index (χ1v) is 3.68. The Morgan fingerprint density at radius 2 is 1.89 bits per heavy atom. The number of nitrogens with zero attached hydrogens (tertiary/aromatic N) is 2. The largest absolute Gasteiger partial charge is 0.750 e. The fourth-order valence-corrected chi connectivity index (χ4v) is 0.408. The molecule has 1 unspecified atom stereocenters. The van der Waals surface area contributed by atoms with Gasteiger partial charge in [-0.2, -0.15) is 0 Å². The quantitative estimate of drug-likeness (QED) is 0.544. The van der Waals surface area contributed by atoms with Crippen LogP contribution in [0.2, 0.25) is 0 Å². The SMILES string of the molecule is O=S([O-])O.c1nncs1. The summed E-state index contributed by atoms with van der Waals surface area (Å²) >= 11 is -1.37. The molecule has 0 spiro atoms. The third-order valence-electron chi connectivity index (χ3n) is 0.283. The van der Waals surface area contributed by atoms with E-state index in [-0.39, 0.29) is 0 Å². The third kappa shape index (κ3) is 11.3. The van der Waals surface area contributed by atoms with Gasteiger partial charge in [0, 0.05) is 0 Å². The lowest BCUT2D eigenvalue weighted by Crippen LogP contribution is -1.75. The van der Waals surface area contributed by atoms with Crippen LogP contribution in [0, 0.1) is 0 Å². The highest BCUT2D eigenvalue weighted by molar-refractivity contribution is 7.73. The zero-order valence-corrected chi connectivity index (χ0v) is 5.76. The lowest BCUT2D eigenvalue weighted by Gasteiger charge is -1.83. The van der Waals surface area contributed by atoms with E-state index in [1.807, 2.05) is 0 Å². The number of rotatable bonds is 0. The molecule has 1 N–H and O–H groups in total. The first-order chi connectivity index (χ1) is 4.23. The molecule has 5 nitrogen and oxygen atoms in total. The Balaban J connectivity index is 0.000000148. The van der Waals surface area contributed by atoms with Crippen molar-refractivity contribution < 1.29 is 13.3 Å². The highest BCUT2D eigenvalue weighted by Crippen LogP contribution is 1.80. The minimum absolute atomic E-state index is 1.49. The molecule has 0 saturated carbocycles. The Hall–Kier alpha value is -0.370. The van der Waals surface area contributed by atoms with Crippen LogP contribution in [0.4, 0.5) is 0 Å². The van der Waals surface area contributed by atoms with Crippen LogP contribution < -0.4 is 0 Å². The minimum atomic E-state index is -2.86. The molecule has 1 aromatic rings. The van der Waals surface area contributed by atoms with Gasteiger partial charge in [0.15, 0.2) is 0 Å². The van der Waals surface area contributed by atoms with Gasteiger partial charge in [-0.25, -0.2) is 4.21 Å². The van der Waals surface area contributed by atoms with E-state index >= 15 is 0 Å². The normalized spacial score (nSPS) is 11.3. The summed E-state index contributed by atoms with van der Waals surface area (Å²) in [5.41, 5.74) is 3.36. The topological polar surface area (TPSA) is 86.1 Å². The monoisotopic (exact) mass is 167 g/mol. The molecule has 0 aromatic carbocycles. The van der Waals surface area contributed by atoms with Crippen molar-refractivity contribution >= 4 is 22.7 Å². The Bertz CT molecular complexity index is 132. The highest BCUT2D eigenvalue weighted by atomic mass is 32.2. The van der Waals surface area contributed by atoms with Crippen molar-refractivity contribution in [3.05, 3.63) is 11.0 Å².